The number of nitrogens with zero attached hydrogens (tertiary/aromatic N) is 3. The van der Waals surface area contributed by atoms with Gasteiger partial charge in [0.2, 0.25) is 0 Å². The molecule has 0 bridgehead atoms. The number of carbonyl (C=O) groups excluding carboxylic acids is 1. The molecule has 122 valence electrons. The third kappa shape index (κ3) is 3.49. The van der Waals surface area contributed by atoms with E-state index < -0.39 is 0 Å². The molecule has 2 aromatic carbocycles. The zero-order valence-corrected chi connectivity index (χ0v) is 14.3. The van der Waals surface area contributed by atoms with Crippen molar-refractivity contribution in [3.63, 3.8) is 0 Å². The van der Waals surface area contributed by atoms with Gasteiger partial charge in [-0.3, -0.25) is 9.36 Å². The second-order valence-electron chi connectivity index (χ2n) is 5.20. The van der Waals surface area contributed by atoms with Crippen LogP contribution < -0.4 is 4.74 Å². The number of Topliss-reactive ketones (excluding diaryl/α,β-unsaturated/α-hetero) is 1. The lowest BCUT2D eigenvalue weighted by molar-refractivity contribution is -0.114. The van der Waals surface area contributed by atoms with E-state index in [2.05, 4.69) is 10.2 Å². The van der Waals surface area contributed by atoms with Crippen LogP contribution in [0.1, 0.15) is 6.92 Å². The van der Waals surface area contributed by atoms with Gasteiger partial charge in [-0.1, -0.05) is 42.1 Å². The summed E-state index contributed by atoms with van der Waals surface area (Å²) in [6.45, 7) is 1.57. The van der Waals surface area contributed by atoms with Crippen molar-refractivity contribution in [2.75, 3.05) is 12.9 Å². The van der Waals surface area contributed by atoms with Crippen LogP contribution in [0.25, 0.3) is 17.1 Å². The highest BCUT2D eigenvalue weighted by Crippen LogP contribution is 2.28. The van der Waals surface area contributed by atoms with E-state index in [1.165, 1.54) is 11.8 Å². The summed E-state index contributed by atoms with van der Waals surface area (Å²) in [4.78, 5) is 11.3. The zero-order chi connectivity index (χ0) is 16.9. The fourth-order valence-corrected chi connectivity index (χ4v) is 3.02. The quantitative estimate of drug-likeness (QED) is 0.642. The van der Waals surface area contributed by atoms with Crippen LogP contribution in [0.4, 0.5) is 0 Å². The van der Waals surface area contributed by atoms with Crippen LogP contribution >= 0.6 is 11.8 Å². The topological polar surface area (TPSA) is 57.0 Å². The SMILES string of the molecule is COc1ccc(-n2c(SCC(C)=O)nnc2-c2ccccc2)cc1. The molecule has 3 rings (SSSR count). The third-order valence-corrected chi connectivity index (χ3v) is 4.47. The van der Waals surface area contributed by atoms with Crippen molar-refractivity contribution in [1.29, 1.82) is 0 Å². The summed E-state index contributed by atoms with van der Waals surface area (Å²) in [6, 6.07) is 17.6. The van der Waals surface area contributed by atoms with E-state index in [4.69, 9.17) is 4.74 Å². The number of carbonyl (C=O) groups is 1. The van der Waals surface area contributed by atoms with Crippen LogP contribution in [0.3, 0.4) is 0 Å². The molecule has 0 atom stereocenters. The summed E-state index contributed by atoms with van der Waals surface area (Å²) in [5.74, 6) is 1.99. The third-order valence-electron chi connectivity index (χ3n) is 3.40. The van der Waals surface area contributed by atoms with E-state index >= 15 is 0 Å². The number of hydrogen-bond donors (Lipinski definition) is 0. The lowest BCUT2D eigenvalue weighted by Gasteiger charge is -2.10. The van der Waals surface area contributed by atoms with Crippen molar-refractivity contribution < 1.29 is 9.53 Å². The lowest BCUT2D eigenvalue weighted by atomic mass is 10.2. The van der Waals surface area contributed by atoms with E-state index in [9.17, 15) is 4.79 Å². The summed E-state index contributed by atoms with van der Waals surface area (Å²) in [5.41, 5.74) is 1.89. The van der Waals surface area contributed by atoms with Gasteiger partial charge in [-0.25, -0.2) is 0 Å². The Bertz CT molecular complexity index is 829. The Morgan fingerprint density at radius 3 is 2.42 bits per heavy atom. The van der Waals surface area contributed by atoms with Crippen molar-refractivity contribution >= 4 is 17.5 Å². The maximum Gasteiger partial charge on any atom is 0.196 e. The Kier molecular flexibility index (Phi) is 4.96. The number of ketones is 1. The smallest absolute Gasteiger partial charge is 0.196 e. The monoisotopic (exact) mass is 339 g/mol. The van der Waals surface area contributed by atoms with E-state index in [0.29, 0.717) is 10.9 Å². The highest BCUT2D eigenvalue weighted by atomic mass is 32.2. The second kappa shape index (κ2) is 7.31. The summed E-state index contributed by atoms with van der Waals surface area (Å²) in [7, 11) is 1.64. The van der Waals surface area contributed by atoms with Gasteiger partial charge in [0.25, 0.3) is 0 Å². The standard InChI is InChI=1S/C18H17N3O2S/c1-13(22)12-24-18-20-19-17(14-6-4-3-5-7-14)21(18)15-8-10-16(23-2)11-9-15/h3-11H,12H2,1-2H3. The normalized spacial score (nSPS) is 10.6. The second-order valence-corrected chi connectivity index (χ2v) is 6.14. The maximum absolute atomic E-state index is 11.3. The Morgan fingerprint density at radius 1 is 1.08 bits per heavy atom. The van der Waals surface area contributed by atoms with Crippen LogP contribution in [0.15, 0.2) is 59.8 Å². The molecule has 5 nitrogen and oxygen atoms in total. The largest absolute Gasteiger partial charge is 0.497 e. The number of ether oxygens (including phenoxy) is 1. The van der Waals surface area contributed by atoms with Gasteiger partial charge in [-0.2, -0.15) is 0 Å². The van der Waals surface area contributed by atoms with Gasteiger partial charge in [0, 0.05) is 11.3 Å². The van der Waals surface area contributed by atoms with Gasteiger partial charge in [-0.15, -0.1) is 10.2 Å². The number of thioether (sulfide) groups is 1. The molecular weight excluding hydrogens is 322 g/mol. The van der Waals surface area contributed by atoms with E-state index in [0.717, 1.165) is 22.8 Å². The van der Waals surface area contributed by atoms with Crippen LogP contribution in [-0.2, 0) is 4.79 Å². The lowest BCUT2D eigenvalue weighted by Crippen LogP contribution is -2.02. The molecule has 24 heavy (non-hydrogen) atoms. The van der Waals surface area contributed by atoms with Crippen LogP contribution in [0, 0.1) is 0 Å². The Hall–Kier alpha value is -2.60. The summed E-state index contributed by atoms with van der Waals surface area (Å²) in [6.07, 6.45) is 0. The average Bonchev–Trinajstić information content (AvgIpc) is 3.04. The average molecular weight is 339 g/mol. The van der Waals surface area contributed by atoms with Crippen molar-refractivity contribution in [3.8, 4) is 22.8 Å². The van der Waals surface area contributed by atoms with Crippen molar-refractivity contribution in [3.05, 3.63) is 54.6 Å². The molecule has 0 unspecified atom stereocenters. The van der Waals surface area contributed by atoms with Gasteiger partial charge in [0.15, 0.2) is 11.0 Å². The zero-order valence-electron chi connectivity index (χ0n) is 13.5. The first kappa shape index (κ1) is 16.3. The van der Waals surface area contributed by atoms with E-state index in [-0.39, 0.29) is 5.78 Å². The molecule has 0 amide bonds. The highest BCUT2D eigenvalue weighted by Gasteiger charge is 2.16. The molecule has 0 radical (unpaired) electrons. The number of aromatic nitrogens is 3. The molecule has 0 saturated heterocycles. The molecule has 0 N–H and O–H groups in total. The predicted molar refractivity (Wildman–Crippen MR) is 94.8 cm³/mol. The molecule has 0 fully saturated rings. The van der Waals surface area contributed by atoms with Crippen molar-refractivity contribution in [1.82, 2.24) is 14.8 Å². The molecule has 3 aromatic rings. The fraction of sp³-hybridized carbons (Fsp3) is 0.167. The molecule has 0 spiro atoms. The number of methoxy groups -OCH3 is 1. The van der Waals surface area contributed by atoms with E-state index in [1.807, 2.05) is 59.2 Å². The van der Waals surface area contributed by atoms with Crippen LogP contribution in [0.2, 0.25) is 0 Å². The van der Waals surface area contributed by atoms with Crippen LogP contribution in [0.5, 0.6) is 5.75 Å². The Morgan fingerprint density at radius 2 is 1.79 bits per heavy atom. The highest BCUT2D eigenvalue weighted by molar-refractivity contribution is 7.99. The Labute approximate surface area is 144 Å². The van der Waals surface area contributed by atoms with Gasteiger partial charge >= 0.3 is 0 Å². The first-order chi connectivity index (χ1) is 11.7. The number of hydrogen-bond acceptors (Lipinski definition) is 5. The molecule has 6 heteroatoms. The first-order valence-electron chi connectivity index (χ1n) is 7.46. The van der Waals surface area contributed by atoms with E-state index in [1.54, 1.807) is 14.0 Å². The minimum absolute atomic E-state index is 0.102. The van der Waals surface area contributed by atoms with Crippen LogP contribution in [-0.4, -0.2) is 33.4 Å². The molecule has 1 aromatic heterocycles. The molecule has 1 heterocycles. The number of benzene rings is 2. The summed E-state index contributed by atoms with van der Waals surface area (Å²) in [5, 5.41) is 9.30. The Balaban J connectivity index is 2.08. The number of rotatable bonds is 6. The summed E-state index contributed by atoms with van der Waals surface area (Å²) < 4.78 is 7.18. The fourth-order valence-electron chi connectivity index (χ4n) is 2.27. The molecule has 0 aliphatic rings. The first-order valence-corrected chi connectivity index (χ1v) is 8.45. The molecular formula is C18H17N3O2S. The minimum atomic E-state index is 0.102. The van der Waals surface area contributed by atoms with Gasteiger partial charge in [0.05, 0.1) is 12.9 Å². The molecule has 0 saturated carbocycles. The van der Waals surface area contributed by atoms with Gasteiger partial charge in [0.1, 0.15) is 11.5 Å². The molecule has 0 aliphatic carbocycles. The maximum atomic E-state index is 11.3. The summed E-state index contributed by atoms with van der Waals surface area (Å²) >= 11 is 1.38. The van der Waals surface area contributed by atoms with Crippen molar-refractivity contribution in [2.45, 2.75) is 12.1 Å². The predicted octanol–water partition coefficient (Wildman–Crippen LogP) is 3.62. The van der Waals surface area contributed by atoms with Crippen molar-refractivity contribution in [2.24, 2.45) is 0 Å². The van der Waals surface area contributed by atoms with Gasteiger partial charge < -0.3 is 4.74 Å². The van der Waals surface area contributed by atoms with Gasteiger partial charge in [-0.05, 0) is 31.2 Å². The minimum Gasteiger partial charge on any atom is -0.497 e. The molecule has 0 aliphatic heterocycles.